The molecule has 1 aromatic heterocycles. The van der Waals surface area contributed by atoms with Gasteiger partial charge in [-0.3, -0.25) is 4.79 Å². The van der Waals surface area contributed by atoms with E-state index in [-0.39, 0.29) is 11.9 Å². The van der Waals surface area contributed by atoms with E-state index < -0.39 is 0 Å². The molecule has 1 atom stereocenters. The summed E-state index contributed by atoms with van der Waals surface area (Å²) >= 11 is 0. The minimum atomic E-state index is -0.158. The molecule has 0 bridgehead atoms. The number of hydrogen-bond acceptors (Lipinski definition) is 6. The van der Waals surface area contributed by atoms with Crippen molar-refractivity contribution in [1.29, 1.82) is 0 Å². The smallest absolute Gasteiger partial charge is 0.273 e. The highest BCUT2D eigenvalue weighted by Gasteiger charge is 2.31. The van der Waals surface area contributed by atoms with Crippen molar-refractivity contribution >= 4 is 5.91 Å². The fourth-order valence-electron chi connectivity index (χ4n) is 5.17. The van der Waals surface area contributed by atoms with Crippen molar-refractivity contribution in [2.24, 2.45) is 11.7 Å². The molecule has 1 aromatic carbocycles. The van der Waals surface area contributed by atoms with Crippen LogP contribution in [-0.4, -0.2) is 36.3 Å². The lowest BCUT2D eigenvalue weighted by atomic mass is 9.85. The first-order valence-corrected chi connectivity index (χ1v) is 12.6. The summed E-state index contributed by atoms with van der Waals surface area (Å²) in [4.78, 5) is 13.1. The van der Waals surface area contributed by atoms with Crippen LogP contribution in [0.5, 0.6) is 0 Å². The number of nitrogens with two attached hydrogens (primary N) is 1. The third-order valence-corrected chi connectivity index (χ3v) is 7.40. The van der Waals surface area contributed by atoms with Gasteiger partial charge in [-0.25, -0.2) is 0 Å². The Labute approximate surface area is 195 Å². The molecule has 5 rings (SSSR count). The number of carbonyl (C=O) groups excluding carboxylic acids is 1. The highest BCUT2D eigenvalue weighted by atomic mass is 16.5. The van der Waals surface area contributed by atoms with E-state index in [1.54, 1.807) is 0 Å². The molecule has 33 heavy (non-hydrogen) atoms. The number of carbonyl (C=O) groups is 1. The minimum Gasteiger partial charge on any atom is -0.374 e. The number of nitrogens with one attached hydrogen (secondary N) is 2. The number of amides is 1. The quantitative estimate of drug-likeness (QED) is 0.563. The zero-order valence-corrected chi connectivity index (χ0v) is 19.3. The Morgan fingerprint density at radius 3 is 2.67 bits per heavy atom. The van der Waals surface area contributed by atoms with Crippen molar-refractivity contribution in [2.75, 3.05) is 13.1 Å². The molecule has 1 aliphatic heterocycles. The van der Waals surface area contributed by atoms with E-state index in [4.69, 9.17) is 15.0 Å². The minimum absolute atomic E-state index is 0.0618. The maximum Gasteiger partial charge on any atom is 0.273 e. The lowest BCUT2D eigenvalue weighted by Gasteiger charge is -2.32. The van der Waals surface area contributed by atoms with E-state index in [0.29, 0.717) is 36.3 Å². The van der Waals surface area contributed by atoms with Crippen LogP contribution in [-0.2, 0) is 11.3 Å². The van der Waals surface area contributed by atoms with Crippen molar-refractivity contribution in [3.63, 3.8) is 0 Å². The zero-order chi connectivity index (χ0) is 22.6. The Bertz CT molecular complexity index is 927. The molecular formula is C26H36N4O3. The van der Waals surface area contributed by atoms with Crippen LogP contribution >= 0.6 is 0 Å². The predicted octanol–water partition coefficient (Wildman–Crippen LogP) is 3.81. The molecule has 2 aliphatic carbocycles. The molecule has 2 aromatic rings. The van der Waals surface area contributed by atoms with Gasteiger partial charge in [-0.2, -0.15) is 0 Å². The number of piperidine rings is 1. The number of benzene rings is 1. The summed E-state index contributed by atoms with van der Waals surface area (Å²) < 4.78 is 11.6. The molecule has 2 saturated carbocycles. The monoisotopic (exact) mass is 452 g/mol. The fourth-order valence-corrected chi connectivity index (χ4v) is 5.17. The summed E-state index contributed by atoms with van der Waals surface area (Å²) in [6, 6.07) is 10.6. The van der Waals surface area contributed by atoms with Crippen LogP contribution in [0.2, 0.25) is 0 Å². The number of ether oxygens (including phenoxy) is 1. The summed E-state index contributed by atoms with van der Waals surface area (Å²) in [6.07, 6.45) is 8.75. The molecule has 178 valence electrons. The van der Waals surface area contributed by atoms with Crippen molar-refractivity contribution < 1.29 is 14.1 Å². The van der Waals surface area contributed by atoms with E-state index in [2.05, 4.69) is 40.1 Å². The third-order valence-electron chi connectivity index (χ3n) is 7.40. The molecule has 3 aliphatic rings. The van der Waals surface area contributed by atoms with Crippen LogP contribution < -0.4 is 16.4 Å². The normalized spacial score (nSPS) is 25.0. The van der Waals surface area contributed by atoms with Gasteiger partial charge >= 0.3 is 0 Å². The molecular weight excluding hydrogens is 416 g/mol. The maximum atomic E-state index is 13.1. The maximum absolute atomic E-state index is 13.1. The van der Waals surface area contributed by atoms with Crippen LogP contribution in [0.15, 0.2) is 34.9 Å². The van der Waals surface area contributed by atoms with Crippen LogP contribution in [0.1, 0.15) is 90.7 Å². The van der Waals surface area contributed by atoms with Crippen molar-refractivity contribution in [3.8, 4) is 0 Å². The Balaban J connectivity index is 1.28. The van der Waals surface area contributed by atoms with Crippen LogP contribution in [0.4, 0.5) is 0 Å². The molecule has 0 spiro atoms. The van der Waals surface area contributed by atoms with Crippen LogP contribution in [0.25, 0.3) is 0 Å². The lowest BCUT2D eigenvalue weighted by molar-refractivity contribution is 0.0137. The molecule has 7 nitrogen and oxygen atoms in total. The lowest BCUT2D eigenvalue weighted by Crippen LogP contribution is -2.39. The zero-order valence-electron chi connectivity index (χ0n) is 19.3. The van der Waals surface area contributed by atoms with Gasteiger partial charge in [0, 0.05) is 18.0 Å². The summed E-state index contributed by atoms with van der Waals surface area (Å²) in [6.45, 7) is 2.54. The van der Waals surface area contributed by atoms with Gasteiger partial charge in [-0.05, 0) is 81.5 Å². The topological polar surface area (TPSA) is 102 Å². The molecule has 1 saturated heterocycles. The number of nitrogens with zero attached hydrogens (tertiary/aromatic N) is 1. The number of rotatable bonds is 8. The SMILES string of the molecule is N[C@H]1CC[C@H](OCc2cccc(C(NC(=O)c3cc(C4CC4)on3)C3CCNCC3)c2)CC1. The van der Waals surface area contributed by atoms with Gasteiger partial charge in [-0.1, -0.05) is 29.4 Å². The summed E-state index contributed by atoms with van der Waals surface area (Å²) in [5.41, 5.74) is 8.68. The number of hydrogen-bond donors (Lipinski definition) is 3. The molecule has 7 heteroatoms. The summed E-state index contributed by atoms with van der Waals surface area (Å²) in [7, 11) is 0. The molecule has 1 unspecified atom stereocenters. The third kappa shape index (κ3) is 5.83. The number of aromatic nitrogens is 1. The first-order valence-electron chi connectivity index (χ1n) is 12.6. The predicted molar refractivity (Wildman–Crippen MR) is 126 cm³/mol. The Morgan fingerprint density at radius 1 is 1.12 bits per heavy atom. The first-order chi connectivity index (χ1) is 16.2. The van der Waals surface area contributed by atoms with Gasteiger partial charge in [0.1, 0.15) is 5.76 Å². The van der Waals surface area contributed by atoms with E-state index in [1.807, 2.05) is 6.07 Å². The Morgan fingerprint density at radius 2 is 1.91 bits per heavy atom. The van der Waals surface area contributed by atoms with Gasteiger partial charge in [0.15, 0.2) is 5.69 Å². The Kier molecular flexibility index (Phi) is 7.09. The Hall–Kier alpha value is -2.22. The molecule has 2 heterocycles. The van der Waals surface area contributed by atoms with E-state index >= 15 is 0 Å². The van der Waals surface area contributed by atoms with Gasteiger partial charge < -0.3 is 25.6 Å². The summed E-state index contributed by atoms with van der Waals surface area (Å²) in [5, 5.41) is 10.8. The van der Waals surface area contributed by atoms with E-state index in [0.717, 1.165) is 81.3 Å². The van der Waals surface area contributed by atoms with Crippen molar-refractivity contribution in [3.05, 3.63) is 52.9 Å². The van der Waals surface area contributed by atoms with E-state index in [1.165, 1.54) is 0 Å². The largest absolute Gasteiger partial charge is 0.374 e. The van der Waals surface area contributed by atoms with E-state index in [9.17, 15) is 4.79 Å². The highest BCUT2D eigenvalue weighted by molar-refractivity contribution is 5.92. The van der Waals surface area contributed by atoms with Crippen LogP contribution in [0.3, 0.4) is 0 Å². The van der Waals surface area contributed by atoms with Gasteiger partial charge in [-0.15, -0.1) is 0 Å². The van der Waals surface area contributed by atoms with Gasteiger partial charge in [0.25, 0.3) is 5.91 Å². The highest BCUT2D eigenvalue weighted by Crippen LogP contribution is 2.40. The van der Waals surface area contributed by atoms with Gasteiger partial charge in [0.05, 0.1) is 18.8 Å². The second kappa shape index (κ2) is 10.4. The average Bonchev–Trinajstić information content (AvgIpc) is 3.59. The summed E-state index contributed by atoms with van der Waals surface area (Å²) in [5.74, 6) is 1.49. The molecule has 0 radical (unpaired) electrons. The average molecular weight is 453 g/mol. The molecule has 4 N–H and O–H groups in total. The van der Waals surface area contributed by atoms with Gasteiger partial charge in [0.2, 0.25) is 0 Å². The second-order valence-corrected chi connectivity index (χ2v) is 10.0. The first kappa shape index (κ1) is 22.6. The fraction of sp³-hybridized carbons (Fsp3) is 0.615. The van der Waals surface area contributed by atoms with Crippen molar-refractivity contribution in [2.45, 2.75) is 82.1 Å². The molecule has 3 fully saturated rings. The second-order valence-electron chi connectivity index (χ2n) is 10.0. The standard InChI is InChI=1S/C26H36N4O3/c27-21-6-8-22(9-7-21)32-16-17-2-1-3-20(14-17)25(19-10-12-28-13-11-19)29-26(31)23-15-24(33-30-23)18-4-5-18/h1-3,14-15,18-19,21-22,25,28H,4-13,16,27H2,(H,29,31)/t21-,22-,25?. The van der Waals surface area contributed by atoms with Crippen LogP contribution in [0, 0.1) is 5.92 Å². The van der Waals surface area contributed by atoms with Crippen molar-refractivity contribution in [1.82, 2.24) is 15.8 Å². The molecule has 1 amide bonds.